The quantitative estimate of drug-likeness (QED) is 0.337. The molecule has 4 rings (SSSR count). The lowest BCUT2D eigenvalue weighted by atomic mass is 10.1. The van der Waals surface area contributed by atoms with Gasteiger partial charge in [0.2, 0.25) is 0 Å². The molecule has 1 aromatic heterocycles. The summed E-state index contributed by atoms with van der Waals surface area (Å²) < 4.78 is 11.1. The van der Waals surface area contributed by atoms with Gasteiger partial charge in [-0.05, 0) is 49.4 Å². The van der Waals surface area contributed by atoms with Crippen LogP contribution >= 0.6 is 0 Å². The van der Waals surface area contributed by atoms with Crippen LogP contribution in [0.5, 0.6) is 5.75 Å². The Morgan fingerprint density at radius 3 is 2.70 bits per heavy atom. The van der Waals surface area contributed by atoms with Crippen LogP contribution in [0, 0.1) is 10.1 Å². The predicted molar refractivity (Wildman–Crippen MR) is 119 cm³/mol. The molecule has 166 valence electrons. The first kappa shape index (κ1) is 21.5. The van der Waals surface area contributed by atoms with Gasteiger partial charge in [-0.25, -0.2) is 4.79 Å². The molecule has 0 saturated heterocycles. The minimum atomic E-state index is -1.11. The number of aromatic carboxylic acids is 1. The van der Waals surface area contributed by atoms with E-state index in [1.54, 1.807) is 25.1 Å². The number of ether oxygens (including phenoxy) is 1. The van der Waals surface area contributed by atoms with Crippen LogP contribution in [0.1, 0.15) is 23.0 Å². The summed E-state index contributed by atoms with van der Waals surface area (Å²) in [6, 6.07) is 13.4. The van der Waals surface area contributed by atoms with Crippen molar-refractivity contribution < 1.29 is 28.8 Å². The third kappa shape index (κ3) is 4.09. The van der Waals surface area contributed by atoms with Crippen LogP contribution in [-0.2, 0) is 4.79 Å². The van der Waals surface area contributed by atoms with Crippen molar-refractivity contribution in [2.75, 3.05) is 12.1 Å². The number of nitro benzene ring substituents is 1. The fraction of sp³-hybridized carbons (Fsp3) is 0.0870. The van der Waals surface area contributed by atoms with Gasteiger partial charge in [-0.15, -0.1) is 0 Å². The second-order valence-corrected chi connectivity index (χ2v) is 7.06. The maximum Gasteiger partial charge on any atom is 0.335 e. The molecular weight excluding hydrogens is 430 g/mol. The molecule has 0 unspecified atom stereocenters. The molecule has 0 fully saturated rings. The molecule has 33 heavy (non-hydrogen) atoms. The summed E-state index contributed by atoms with van der Waals surface area (Å²) >= 11 is 0. The van der Waals surface area contributed by atoms with Crippen LogP contribution in [0.2, 0.25) is 0 Å². The molecule has 1 N–H and O–H groups in total. The molecule has 1 aliphatic rings. The summed E-state index contributed by atoms with van der Waals surface area (Å²) in [5.41, 5.74) is 1.50. The number of nitrogens with zero attached hydrogens (tertiary/aromatic N) is 3. The average Bonchev–Trinajstić information content (AvgIpc) is 3.38. The van der Waals surface area contributed by atoms with E-state index in [4.69, 9.17) is 9.15 Å². The molecule has 1 amide bonds. The number of nitro groups is 1. The molecule has 2 heterocycles. The molecule has 2 aromatic carbocycles. The van der Waals surface area contributed by atoms with Crippen molar-refractivity contribution in [2.24, 2.45) is 5.10 Å². The Labute approximate surface area is 187 Å². The van der Waals surface area contributed by atoms with Crippen molar-refractivity contribution in [3.05, 3.63) is 81.6 Å². The van der Waals surface area contributed by atoms with Crippen molar-refractivity contribution >= 4 is 35.0 Å². The number of carbonyl (C=O) groups excluding carboxylic acids is 1. The SMILES string of the molecule is COc1cc([N+](=O)[O-])ccc1-c1ccc(/C=C2/C(=O)N(c3cccc(C(=O)O)c3)N=C2C)o1. The highest BCUT2D eigenvalue weighted by Gasteiger charge is 2.29. The lowest BCUT2D eigenvalue weighted by Crippen LogP contribution is -2.21. The summed E-state index contributed by atoms with van der Waals surface area (Å²) in [7, 11) is 1.40. The van der Waals surface area contributed by atoms with Crippen molar-refractivity contribution in [2.45, 2.75) is 6.92 Å². The third-order valence-corrected chi connectivity index (χ3v) is 4.98. The summed E-state index contributed by atoms with van der Waals surface area (Å²) in [5, 5.41) is 25.6. The van der Waals surface area contributed by atoms with Crippen LogP contribution in [0.25, 0.3) is 17.4 Å². The van der Waals surface area contributed by atoms with Crippen LogP contribution < -0.4 is 9.75 Å². The number of furan rings is 1. The van der Waals surface area contributed by atoms with E-state index >= 15 is 0 Å². The predicted octanol–water partition coefficient (Wildman–Crippen LogP) is 4.37. The van der Waals surface area contributed by atoms with Gasteiger partial charge in [-0.2, -0.15) is 10.1 Å². The number of hydrogen-bond donors (Lipinski definition) is 1. The lowest BCUT2D eigenvalue weighted by molar-refractivity contribution is -0.384. The molecule has 0 radical (unpaired) electrons. The zero-order valence-corrected chi connectivity index (χ0v) is 17.5. The molecule has 10 nitrogen and oxygen atoms in total. The van der Waals surface area contributed by atoms with E-state index in [0.29, 0.717) is 28.5 Å². The number of hydrazone groups is 1. The Morgan fingerprint density at radius 1 is 1.21 bits per heavy atom. The number of anilines is 1. The fourth-order valence-corrected chi connectivity index (χ4v) is 3.34. The summed E-state index contributed by atoms with van der Waals surface area (Å²) in [6.45, 7) is 1.66. The van der Waals surface area contributed by atoms with Gasteiger partial charge >= 0.3 is 5.97 Å². The number of carboxylic acids is 1. The molecule has 0 aliphatic carbocycles. The highest BCUT2D eigenvalue weighted by Crippen LogP contribution is 2.35. The van der Waals surface area contributed by atoms with E-state index < -0.39 is 16.8 Å². The first-order valence-electron chi connectivity index (χ1n) is 9.66. The van der Waals surface area contributed by atoms with E-state index in [-0.39, 0.29) is 22.6 Å². The Morgan fingerprint density at radius 2 is 2.00 bits per heavy atom. The molecule has 10 heteroatoms. The summed E-state index contributed by atoms with van der Waals surface area (Å²) in [5.74, 6) is -0.494. The van der Waals surface area contributed by atoms with Gasteiger partial charge in [0, 0.05) is 6.07 Å². The Kier molecular flexibility index (Phi) is 5.49. The van der Waals surface area contributed by atoms with Gasteiger partial charge in [-0.1, -0.05) is 6.07 Å². The normalized spacial score (nSPS) is 14.5. The number of carboxylic acid groups (broad SMARTS) is 1. The molecular formula is C23H17N3O7. The van der Waals surface area contributed by atoms with Gasteiger partial charge in [0.05, 0.1) is 46.2 Å². The highest BCUT2D eigenvalue weighted by molar-refractivity contribution is 6.32. The second kappa shape index (κ2) is 8.42. The maximum atomic E-state index is 13.0. The Hall–Kier alpha value is -4.73. The van der Waals surface area contributed by atoms with Gasteiger partial charge < -0.3 is 14.3 Å². The smallest absolute Gasteiger partial charge is 0.335 e. The Bertz CT molecular complexity index is 1350. The van der Waals surface area contributed by atoms with Gasteiger partial charge in [0.1, 0.15) is 17.3 Å². The number of rotatable bonds is 6. The first-order chi connectivity index (χ1) is 15.8. The van der Waals surface area contributed by atoms with E-state index in [9.17, 15) is 24.8 Å². The van der Waals surface area contributed by atoms with Gasteiger partial charge in [0.25, 0.3) is 11.6 Å². The van der Waals surface area contributed by atoms with Crippen molar-refractivity contribution in [3.63, 3.8) is 0 Å². The van der Waals surface area contributed by atoms with Crippen molar-refractivity contribution in [3.8, 4) is 17.1 Å². The number of benzene rings is 2. The second-order valence-electron chi connectivity index (χ2n) is 7.06. The topological polar surface area (TPSA) is 135 Å². The molecule has 0 spiro atoms. The number of amides is 1. The maximum absolute atomic E-state index is 13.0. The largest absolute Gasteiger partial charge is 0.496 e. The minimum absolute atomic E-state index is 0.0401. The van der Waals surface area contributed by atoms with E-state index in [1.807, 2.05) is 0 Å². The minimum Gasteiger partial charge on any atom is -0.496 e. The van der Waals surface area contributed by atoms with Crippen LogP contribution in [0.3, 0.4) is 0 Å². The number of hydrogen-bond acceptors (Lipinski definition) is 7. The average molecular weight is 447 g/mol. The van der Waals surface area contributed by atoms with E-state index in [1.165, 1.54) is 49.6 Å². The molecule has 0 bridgehead atoms. The third-order valence-electron chi connectivity index (χ3n) is 4.98. The van der Waals surface area contributed by atoms with Crippen molar-refractivity contribution in [1.29, 1.82) is 0 Å². The zero-order valence-electron chi connectivity index (χ0n) is 17.5. The Balaban J connectivity index is 1.63. The first-order valence-corrected chi connectivity index (χ1v) is 9.66. The van der Waals surface area contributed by atoms with E-state index in [0.717, 1.165) is 5.01 Å². The molecule has 0 atom stereocenters. The van der Waals surface area contributed by atoms with Gasteiger partial charge in [0.15, 0.2) is 0 Å². The monoisotopic (exact) mass is 447 g/mol. The fourth-order valence-electron chi connectivity index (χ4n) is 3.34. The van der Waals surface area contributed by atoms with Crippen LogP contribution in [0.15, 0.2) is 69.7 Å². The molecule has 3 aromatic rings. The number of non-ortho nitro benzene ring substituents is 1. The summed E-state index contributed by atoms with van der Waals surface area (Å²) in [4.78, 5) is 34.7. The highest BCUT2D eigenvalue weighted by atomic mass is 16.6. The lowest BCUT2D eigenvalue weighted by Gasteiger charge is -2.12. The standard InChI is InChI=1S/C23H17N3O7/c1-13-19(22(27)25(24-13)15-5-3-4-14(10-15)23(28)29)12-17-7-9-20(33-17)18-8-6-16(26(30)31)11-21(18)32-2/h3-12H,1-2H3,(H,28,29)/b19-12+. The van der Waals surface area contributed by atoms with Crippen molar-refractivity contribution in [1.82, 2.24) is 0 Å². The number of methoxy groups -OCH3 is 1. The van der Waals surface area contributed by atoms with Gasteiger partial charge in [-0.3, -0.25) is 14.9 Å². The molecule has 1 aliphatic heterocycles. The van der Waals surface area contributed by atoms with Crippen LogP contribution in [-0.4, -0.2) is 34.7 Å². The van der Waals surface area contributed by atoms with Crippen LogP contribution in [0.4, 0.5) is 11.4 Å². The molecule has 0 saturated carbocycles. The number of carbonyl (C=O) groups is 2. The van der Waals surface area contributed by atoms with E-state index in [2.05, 4.69) is 5.10 Å². The summed E-state index contributed by atoms with van der Waals surface area (Å²) in [6.07, 6.45) is 1.53. The zero-order chi connectivity index (χ0) is 23.7.